The molecule has 0 saturated carbocycles. The summed E-state index contributed by atoms with van der Waals surface area (Å²) >= 11 is 2.76. The Labute approximate surface area is 146 Å². The average Bonchev–Trinajstić information content (AvgIpc) is 3.20. The van der Waals surface area contributed by atoms with Gasteiger partial charge in [-0.3, -0.25) is 0 Å². The highest BCUT2D eigenvalue weighted by molar-refractivity contribution is 7.22. The largest absolute Gasteiger partial charge is 0.497 e. The van der Waals surface area contributed by atoms with E-state index in [4.69, 9.17) is 14.2 Å². The van der Waals surface area contributed by atoms with E-state index in [0.717, 1.165) is 10.2 Å². The first-order valence-corrected chi connectivity index (χ1v) is 8.76. The number of hydrogen-bond acceptors (Lipinski definition) is 9. The molecule has 126 valence electrons. The summed E-state index contributed by atoms with van der Waals surface area (Å²) in [5.41, 5.74) is 1.03. The number of rotatable bonds is 6. The predicted molar refractivity (Wildman–Crippen MR) is 94.1 cm³/mol. The molecule has 0 atom stereocenters. The lowest BCUT2D eigenvalue weighted by Crippen LogP contribution is -2.04. The van der Waals surface area contributed by atoms with Crippen molar-refractivity contribution in [2.45, 2.75) is 6.92 Å². The summed E-state index contributed by atoms with van der Waals surface area (Å²) in [5, 5.41) is 5.99. The molecule has 2 heterocycles. The maximum absolute atomic E-state index is 11.7. The van der Waals surface area contributed by atoms with Crippen LogP contribution in [0.1, 0.15) is 17.4 Å². The van der Waals surface area contributed by atoms with E-state index >= 15 is 0 Å². The molecule has 0 spiro atoms. The van der Waals surface area contributed by atoms with Crippen LogP contribution in [0.3, 0.4) is 0 Å². The molecule has 3 rings (SSSR count). The lowest BCUT2D eigenvalue weighted by molar-refractivity contribution is 0.0520. The lowest BCUT2D eigenvalue weighted by atomic mass is 10.3. The Balaban J connectivity index is 1.86. The zero-order chi connectivity index (χ0) is 17.1. The monoisotopic (exact) mass is 365 g/mol. The molecule has 0 saturated heterocycles. The molecule has 7 nitrogen and oxygen atoms in total. The number of aromatic nitrogens is 2. The van der Waals surface area contributed by atoms with Crippen LogP contribution >= 0.6 is 22.7 Å². The van der Waals surface area contributed by atoms with E-state index < -0.39 is 5.97 Å². The molecule has 0 unspecified atom stereocenters. The van der Waals surface area contributed by atoms with Crippen LogP contribution in [-0.4, -0.2) is 36.8 Å². The molecule has 0 radical (unpaired) electrons. The zero-order valence-electron chi connectivity index (χ0n) is 13.3. The van der Waals surface area contributed by atoms with Gasteiger partial charge in [0.05, 0.1) is 25.5 Å². The van der Waals surface area contributed by atoms with E-state index in [9.17, 15) is 4.79 Å². The average molecular weight is 365 g/mol. The first kappa shape index (κ1) is 16.5. The van der Waals surface area contributed by atoms with Crippen molar-refractivity contribution in [1.82, 2.24) is 9.97 Å². The standard InChI is InChI=1S/C15H15N3O4S2/c1-4-22-13(19)9-7-23-14(16-9)18-15-17-12-10(21-3)5-8(20-2)6-11(12)24-15/h5-7H,4H2,1-3H3,(H,16,17,18). The summed E-state index contributed by atoms with van der Waals surface area (Å²) < 4.78 is 16.5. The van der Waals surface area contributed by atoms with Gasteiger partial charge in [-0.1, -0.05) is 11.3 Å². The van der Waals surface area contributed by atoms with Crippen molar-refractivity contribution in [1.29, 1.82) is 0 Å². The van der Waals surface area contributed by atoms with E-state index in [0.29, 0.717) is 28.4 Å². The van der Waals surface area contributed by atoms with E-state index in [1.807, 2.05) is 6.07 Å². The summed E-state index contributed by atoms with van der Waals surface area (Å²) in [7, 11) is 3.19. The SMILES string of the molecule is CCOC(=O)c1csc(Nc2nc3c(OC)cc(OC)cc3s2)n1. The minimum atomic E-state index is -0.433. The van der Waals surface area contributed by atoms with Crippen molar-refractivity contribution in [3.63, 3.8) is 0 Å². The van der Waals surface area contributed by atoms with Crippen molar-refractivity contribution in [3.8, 4) is 11.5 Å². The third-order valence-electron chi connectivity index (χ3n) is 3.09. The number of esters is 1. The van der Waals surface area contributed by atoms with Gasteiger partial charge < -0.3 is 19.5 Å². The summed E-state index contributed by atoms with van der Waals surface area (Å²) in [6.07, 6.45) is 0. The molecular weight excluding hydrogens is 350 g/mol. The molecule has 2 aromatic heterocycles. The number of nitrogens with zero attached hydrogens (tertiary/aromatic N) is 2. The van der Waals surface area contributed by atoms with Crippen molar-refractivity contribution in [3.05, 3.63) is 23.2 Å². The van der Waals surface area contributed by atoms with Crippen LogP contribution in [0.2, 0.25) is 0 Å². The van der Waals surface area contributed by atoms with E-state index in [2.05, 4.69) is 15.3 Å². The minimum absolute atomic E-state index is 0.282. The number of fused-ring (bicyclic) bond motifs is 1. The molecule has 0 aliphatic carbocycles. The fraction of sp³-hybridized carbons (Fsp3) is 0.267. The van der Waals surface area contributed by atoms with Crippen LogP contribution in [0.25, 0.3) is 10.2 Å². The highest BCUT2D eigenvalue weighted by Gasteiger charge is 2.15. The van der Waals surface area contributed by atoms with E-state index in [1.165, 1.54) is 22.7 Å². The number of ether oxygens (including phenoxy) is 3. The molecule has 1 N–H and O–H groups in total. The quantitative estimate of drug-likeness (QED) is 0.667. The molecule has 24 heavy (non-hydrogen) atoms. The smallest absolute Gasteiger partial charge is 0.357 e. The van der Waals surface area contributed by atoms with Crippen LogP contribution in [0, 0.1) is 0 Å². The van der Waals surface area contributed by atoms with Gasteiger partial charge in [0, 0.05) is 11.4 Å². The van der Waals surface area contributed by atoms with Crippen LogP contribution in [-0.2, 0) is 4.74 Å². The molecule has 9 heteroatoms. The number of carbonyl (C=O) groups excluding carboxylic acids is 1. The normalized spacial score (nSPS) is 10.6. The fourth-order valence-corrected chi connectivity index (χ4v) is 3.68. The second-order valence-electron chi connectivity index (χ2n) is 4.58. The number of benzene rings is 1. The molecule has 0 bridgehead atoms. The number of carbonyl (C=O) groups is 1. The Kier molecular flexibility index (Phi) is 4.81. The molecule has 1 aromatic carbocycles. The molecule has 0 fully saturated rings. The van der Waals surface area contributed by atoms with Crippen molar-refractivity contribution in [2.75, 3.05) is 26.1 Å². The van der Waals surface area contributed by atoms with Crippen LogP contribution in [0.4, 0.5) is 10.3 Å². The number of nitrogens with one attached hydrogen (secondary N) is 1. The maximum atomic E-state index is 11.7. The second-order valence-corrected chi connectivity index (χ2v) is 6.47. The molecule has 3 aromatic rings. The van der Waals surface area contributed by atoms with Crippen LogP contribution in [0.15, 0.2) is 17.5 Å². The lowest BCUT2D eigenvalue weighted by Gasteiger charge is -2.03. The van der Waals surface area contributed by atoms with Gasteiger partial charge in [0.2, 0.25) is 0 Å². The van der Waals surface area contributed by atoms with Gasteiger partial charge in [-0.15, -0.1) is 11.3 Å². The number of anilines is 2. The Morgan fingerprint density at radius 3 is 2.75 bits per heavy atom. The van der Waals surface area contributed by atoms with E-state index in [-0.39, 0.29) is 5.69 Å². The van der Waals surface area contributed by atoms with Crippen molar-refractivity contribution < 1.29 is 19.0 Å². The van der Waals surface area contributed by atoms with Gasteiger partial charge >= 0.3 is 5.97 Å². The highest BCUT2D eigenvalue weighted by Crippen LogP contribution is 2.37. The summed E-state index contributed by atoms with van der Waals surface area (Å²) in [6, 6.07) is 3.68. The third kappa shape index (κ3) is 3.26. The Hall–Kier alpha value is -2.39. The summed E-state index contributed by atoms with van der Waals surface area (Å²) in [4.78, 5) is 20.4. The molecule has 0 amide bonds. The van der Waals surface area contributed by atoms with Gasteiger partial charge in [-0.05, 0) is 13.0 Å². The van der Waals surface area contributed by atoms with Crippen molar-refractivity contribution in [2.24, 2.45) is 0 Å². The number of thiazole rings is 2. The second kappa shape index (κ2) is 7.02. The van der Waals surface area contributed by atoms with Gasteiger partial charge in [-0.25, -0.2) is 14.8 Å². The van der Waals surface area contributed by atoms with Gasteiger partial charge in [-0.2, -0.15) is 0 Å². The molecule has 0 aliphatic heterocycles. The van der Waals surface area contributed by atoms with Gasteiger partial charge in [0.15, 0.2) is 16.0 Å². The Morgan fingerprint density at radius 1 is 1.21 bits per heavy atom. The minimum Gasteiger partial charge on any atom is -0.497 e. The number of methoxy groups -OCH3 is 2. The fourth-order valence-electron chi connectivity index (χ4n) is 2.02. The maximum Gasteiger partial charge on any atom is 0.357 e. The number of hydrogen-bond donors (Lipinski definition) is 1. The predicted octanol–water partition coefficient (Wildman–Crippen LogP) is 3.69. The van der Waals surface area contributed by atoms with Crippen LogP contribution < -0.4 is 14.8 Å². The zero-order valence-corrected chi connectivity index (χ0v) is 14.9. The molecular formula is C15H15N3O4S2. The highest BCUT2D eigenvalue weighted by atomic mass is 32.1. The first-order chi connectivity index (χ1) is 11.6. The summed E-state index contributed by atoms with van der Waals surface area (Å²) in [6.45, 7) is 2.07. The molecule has 0 aliphatic rings. The van der Waals surface area contributed by atoms with Gasteiger partial charge in [0.1, 0.15) is 17.0 Å². The van der Waals surface area contributed by atoms with E-state index in [1.54, 1.807) is 32.6 Å². The third-order valence-corrected chi connectivity index (χ3v) is 4.77. The van der Waals surface area contributed by atoms with Gasteiger partial charge in [0.25, 0.3) is 0 Å². The summed E-state index contributed by atoms with van der Waals surface area (Å²) in [5.74, 6) is 0.908. The first-order valence-electron chi connectivity index (χ1n) is 7.06. The topological polar surface area (TPSA) is 82.6 Å². The van der Waals surface area contributed by atoms with Crippen LogP contribution in [0.5, 0.6) is 11.5 Å². The Morgan fingerprint density at radius 2 is 2.04 bits per heavy atom. The Bertz CT molecular complexity index is 875. The van der Waals surface area contributed by atoms with Crippen molar-refractivity contribution >= 4 is 49.1 Å².